The van der Waals surface area contributed by atoms with E-state index in [1.165, 1.54) is 19.5 Å². The van der Waals surface area contributed by atoms with E-state index in [0.29, 0.717) is 21.8 Å². The number of ether oxygens (including phenoxy) is 1. The van der Waals surface area contributed by atoms with Gasteiger partial charge in [0.2, 0.25) is 5.91 Å². The minimum atomic E-state index is -0.542. The van der Waals surface area contributed by atoms with E-state index < -0.39 is 11.9 Å². The molecule has 0 fully saturated rings. The summed E-state index contributed by atoms with van der Waals surface area (Å²) in [6.07, 6.45) is 1.33. The van der Waals surface area contributed by atoms with E-state index >= 15 is 0 Å². The number of methoxy groups -OCH3 is 1. The number of benzene rings is 1. The van der Waals surface area contributed by atoms with Crippen molar-refractivity contribution in [2.45, 2.75) is 6.04 Å². The highest BCUT2D eigenvalue weighted by Gasteiger charge is 2.28. The lowest BCUT2D eigenvalue weighted by atomic mass is 10.2. The lowest BCUT2D eigenvalue weighted by molar-refractivity contribution is -0.118. The van der Waals surface area contributed by atoms with E-state index in [9.17, 15) is 9.18 Å². The van der Waals surface area contributed by atoms with Gasteiger partial charge in [-0.05, 0) is 18.2 Å². The molecule has 1 amide bonds. The zero-order chi connectivity index (χ0) is 16.4. The molecule has 23 heavy (non-hydrogen) atoms. The molecule has 0 saturated heterocycles. The van der Waals surface area contributed by atoms with Crippen LogP contribution in [0.5, 0.6) is 0 Å². The molecule has 2 aromatic rings. The van der Waals surface area contributed by atoms with E-state index in [4.69, 9.17) is 4.74 Å². The van der Waals surface area contributed by atoms with Gasteiger partial charge in [0.25, 0.3) is 0 Å². The van der Waals surface area contributed by atoms with Gasteiger partial charge in [0.05, 0.1) is 12.3 Å². The zero-order valence-corrected chi connectivity index (χ0v) is 13.6. The van der Waals surface area contributed by atoms with Gasteiger partial charge in [0.15, 0.2) is 11.6 Å². The van der Waals surface area contributed by atoms with Crippen molar-refractivity contribution in [3.8, 4) is 0 Å². The van der Waals surface area contributed by atoms with Crippen molar-refractivity contribution in [3.05, 3.63) is 34.8 Å². The number of aromatic nitrogens is 2. The number of fused-ring (bicyclic) bond motifs is 1. The van der Waals surface area contributed by atoms with Crippen molar-refractivity contribution in [3.63, 3.8) is 0 Å². The summed E-state index contributed by atoms with van der Waals surface area (Å²) in [4.78, 5) is 20.2. The van der Waals surface area contributed by atoms with Crippen molar-refractivity contribution in [2.24, 2.45) is 0 Å². The summed E-state index contributed by atoms with van der Waals surface area (Å²) >= 11 is 3.20. The number of hydrogen-bond donors (Lipinski definition) is 3. The maximum absolute atomic E-state index is 14.0. The molecular formula is C14H13BrFN5O2. The fraction of sp³-hybridized carbons (Fsp3) is 0.214. The Morgan fingerprint density at radius 3 is 3.00 bits per heavy atom. The maximum Gasteiger partial charge on any atom is 0.249 e. The molecule has 1 aliphatic rings. The number of nitrogens with one attached hydrogen (secondary N) is 3. The second-order valence-electron chi connectivity index (χ2n) is 4.84. The fourth-order valence-corrected chi connectivity index (χ4v) is 2.48. The summed E-state index contributed by atoms with van der Waals surface area (Å²) in [5.41, 5.74) is 0.606. The number of nitrogens with zero attached hydrogens (tertiary/aromatic N) is 2. The number of hydrogen-bond acceptors (Lipinski definition) is 6. The van der Waals surface area contributed by atoms with Crippen LogP contribution in [0.2, 0.25) is 0 Å². The Labute approximate surface area is 139 Å². The Morgan fingerprint density at radius 2 is 2.26 bits per heavy atom. The quantitative estimate of drug-likeness (QED) is 0.753. The minimum Gasteiger partial charge on any atom is -0.382 e. The molecule has 2 heterocycles. The Bertz CT molecular complexity index is 758. The third kappa shape index (κ3) is 3.25. The van der Waals surface area contributed by atoms with Crippen LogP contribution in [-0.4, -0.2) is 35.6 Å². The zero-order valence-electron chi connectivity index (χ0n) is 12.1. The van der Waals surface area contributed by atoms with Crippen molar-refractivity contribution in [1.82, 2.24) is 9.97 Å². The first kappa shape index (κ1) is 15.6. The van der Waals surface area contributed by atoms with Gasteiger partial charge in [0, 0.05) is 11.6 Å². The van der Waals surface area contributed by atoms with Crippen LogP contribution in [0.15, 0.2) is 29.0 Å². The lowest BCUT2D eigenvalue weighted by Crippen LogP contribution is -2.42. The molecule has 1 aromatic heterocycles. The Morgan fingerprint density at radius 1 is 1.43 bits per heavy atom. The molecule has 1 unspecified atom stereocenters. The molecule has 1 aliphatic heterocycles. The largest absolute Gasteiger partial charge is 0.382 e. The van der Waals surface area contributed by atoms with Crippen LogP contribution in [0, 0.1) is 5.82 Å². The number of amides is 1. The van der Waals surface area contributed by atoms with Crippen LogP contribution in [0.25, 0.3) is 0 Å². The molecule has 0 aliphatic carbocycles. The van der Waals surface area contributed by atoms with E-state index in [1.54, 1.807) is 12.1 Å². The van der Waals surface area contributed by atoms with Crippen LogP contribution >= 0.6 is 15.9 Å². The molecule has 0 bridgehead atoms. The van der Waals surface area contributed by atoms with Crippen molar-refractivity contribution in [2.75, 3.05) is 29.7 Å². The van der Waals surface area contributed by atoms with Crippen LogP contribution in [0.3, 0.4) is 0 Å². The fourth-order valence-electron chi connectivity index (χ4n) is 2.15. The molecule has 1 aromatic carbocycles. The van der Waals surface area contributed by atoms with Gasteiger partial charge in [-0.25, -0.2) is 14.4 Å². The van der Waals surface area contributed by atoms with E-state index in [1.807, 2.05) is 0 Å². The van der Waals surface area contributed by atoms with Gasteiger partial charge in [-0.3, -0.25) is 4.79 Å². The van der Waals surface area contributed by atoms with Crippen molar-refractivity contribution < 1.29 is 13.9 Å². The summed E-state index contributed by atoms with van der Waals surface area (Å²) < 4.78 is 19.6. The number of rotatable bonds is 4. The number of carbonyl (C=O) groups excluding carboxylic acids is 1. The Kier molecular flexibility index (Phi) is 4.39. The highest BCUT2D eigenvalue weighted by molar-refractivity contribution is 9.10. The highest BCUT2D eigenvalue weighted by atomic mass is 79.9. The number of anilines is 4. The van der Waals surface area contributed by atoms with Gasteiger partial charge in [-0.15, -0.1) is 0 Å². The van der Waals surface area contributed by atoms with Crippen LogP contribution in [-0.2, 0) is 9.53 Å². The number of halogens is 2. The molecule has 0 radical (unpaired) electrons. The van der Waals surface area contributed by atoms with Gasteiger partial charge in [0.1, 0.15) is 23.9 Å². The standard InChI is InChI=1S/C14H13BrFN5O2/c1-23-5-10-14(22)21-11-12(17-6-18-13(11)20-10)19-9-3-2-7(15)4-8(9)16/h2-4,6,10H,5H2,1H3,(H,21,22)(H2,17,18,19,20). The minimum absolute atomic E-state index is 0.208. The second-order valence-corrected chi connectivity index (χ2v) is 5.75. The third-order valence-electron chi connectivity index (χ3n) is 3.24. The van der Waals surface area contributed by atoms with Gasteiger partial charge in [-0.2, -0.15) is 0 Å². The van der Waals surface area contributed by atoms with Crippen molar-refractivity contribution in [1.29, 1.82) is 0 Å². The molecule has 3 N–H and O–H groups in total. The first-order chi connectivity index (χ1) is 11.1. The predicted molar refractivity (Wildman–Crippen MR) is 87.3 cm³/mol. The molecule has 7 nitrogen and oxygen atoms in total. The summed E-state index contributed by atoms with van der Waals surface area (Å²) in [6.45, 7) is 0.208. The van der Waals surface area contributed by atoms with Crippen LogP contribution < -0.4 is 16.0 Å². The second kappa shape index (κ2) is 6.47. The van der Waals surface area contributed by atoms with E-state index in [0.717, 1.165) is 0 Å². The average molecular weight is 382 g/mol. The summed E-state index contributed by atoms with van der Waals surface area (Å²) in [6, 6.07) is 4.06. The monoisotopic (exact) mass is 381 g/mol. The van der Waals surface area contributed by atoms with Gasteiger partial charge < -0.3 is 20.7 Å². The molecule has 1 atom stereocenters. The van der Waals surface area contributed by atoms with Crippen LogP contribution in [0.1, 0.15) is 0 Å². The average Bonchev–Trinajstić information content (AvgIpc) is 2.52. The molecule has 9 heteroatoms. The van der Waals surface area contributed by atoms with Crippen LogP contribution in [0.4, 0.5) is 27.4 Å². The summed E-state index contributed by atoms with van der Waals surface area (Å²) in [7, 11) is 1.51. The Hall–Kier alpha value is -2.26. The topological polar surface area (TPSA) is 88.2 Å². The normalized spacial score (nSPS) is 16.3. The SMILES string of the molecule is COCC1Nc2ncnc(Nc3ccc(Br)cc3F)c2NC1=O. The molecule has 0 spiro atoms. The number of carbonyl (C=O) groups is 1. The summed E-state index contributed by atoms with van der Waals surface area (Å²) in [5, 5.41) is 8.54. The lowest BCUT2D eigenvalue weighted by Gasteiger charge is -2.26. The first-order valence-electron chi connectivity index (χ1n) is 6.72. The smallest absolute Gasteiger partial charge is 0.249 e. The maximum atomic E-state index is 14.0. The highest BCUT2D eigenvalue weighted by Crippen LogP contribution is 2.33. The molecule has 120 valence electrons. The van der Waals surface area contributed by atoms with Gasteiger partial charge in [-0.1, -0.05) is 15.9 Å². The van der Waals surface area contributed by atoms with Gasteiger partial charge >= 0.3 is 0 Å². The third-order valence-corrected chi connectivity index (χ3v) is 3.73. The summed E-state index contributed by atoms with van der Waals surface area (Å²) in [5.74, 6) is 0.0298. The molecule has 0 saturated carbocycles. The molecule has 3 rings (SSSR count). The van der Waals surface area contributed by atoms with Crippen molar-refractivity contribution >= 4 is 44.8 Å². The first-order valence-corrected chi connectivity index (χ1v) is 7.51. The van der Waals surface area contributed by atoms with E-state index in [2.05, 4.69) is 41.8 Å². The predicted octanol–water partition coefficient (Wildman–Crippen LogP) is 2.50. The van der Waals surface area contributed by atoms with E-state index in [-0.39, 0.29) is 18.2 Å². The molecular weight excluding hydrogens is 369 g/mol. The Balaban J connectivity index is 1.91.